The zero-order valence-electron chi connectivity index (χ0n) is 17.3. The molecule has 1 aromatic heterocycles. The van der Waals surface area contributed by atoms with Crippen LogP contribution in [0.3, 0.4) is 0 Å². The molecule has 1 unspecified atom stereocenters. The predicted molar refractivity (Wildman–Crippen MR) is 135 cm³/mol. The fourth-order valence-corrected chi connectivity index (χ4v) is 4.13. The Kier molecular flexibility index (Phi) is 9.25. The third-order valence-electron chi connectivity index (χ3n) is 4.39. The molecule has 0 radical (unpaired) electrons. The molecule has 1 heterocycles. The van der Waals surface area contributed by atoms with E-state index in [0.717, 1.165) is 22.2 Å². The molecule has 166 valence electrons. The highest BCUT2D eigenvalue weighted by molar-refractivity contribution is 9.10. The lowest BCUT2D eigenvalue weighted by atomic mass is 10.0. The second-order valence-electron chi connectivity index (χ2n) is 6.91. The number of carbonyl (C=O) groups excluding carboxylic acids is 2. The van der Waals surface area contributed by atoms with Crippen molar-refractivity contribution in [1.82, 2.24) is 15.3 Å². The minimum atomic E-state index is -0.790. The maximum atomic E-state index is 13.1. The van der Waals surface area contributed by atoms with Gasteiger partial charge in [0.15, 0.2) is 5.16 Å². The molecule has 6 nitrogen and oxygen atoms in total. The van der Waals surface area contributed by atoms with Crippen molar-refractivity contribution in [3.05, 3.63) is 81.0 Å². The highest BCUT2D eigenvalue weighted by Crippen LogP contribution is 2.20. The Hall–Kier alpha value is -2.23. The van der Waals surface area contributed by atoms with Crippen LogP contribution in [0.4, 0.5) is 5.69 Å². The van der Waals surface area contributed by atoms with Gasteiger partial charge in [0.1, 0.15) is 11.7 Å². The topological polar surface area (TPSA) is 84.0 Å². The monoisotopic (exact) mass is 576 g/mol. The van der Waals surface area contributed by atoms with Gasteiger partial charge in [0.2, 0.25) is 5.91 Å². The largest absolute Gasteiger partial charge is 0.339 e. The lowest BCUT2D eigenvalue weighted by molar-refractivity contribution is -0.118. The van der Waals surface area contributed by atoms with Crippen LogP contribution in [-0.2, 0) is 11.2 Å². The van der Waals surface area contributed by atoms with Gasteiger partial charge in [0.05, 0.1) is 4.47 Å². The summed E-state index contributed by atoms with van der Waals surface area (Å²) in [6.07, 6.45) is 2.88. The standard InChI is InChI=1S/C23H22Br2N4O2S/c1-2-12-32-23-26-14-18(25)20(29-23)22(31)28-19(13-15-6-4-3-5-7-15)21(30)27-17-10-8-16(24)9-11-17/h3-11,14,19H,2,12-13H2,1H3,(H,27,30)(H,28,31). The van der Waals surface area contributed by atoms with Gasteiger partial charge in [-0.15, -0.1) is 0 Å². The van der Waals surface area contributed by atoms with Crippen molar-refractivity contribution in [2.24, 2.45) is 0 Å². The molecule has 0 bridgehead atoms. The van der Waals surface area contributed by atoms with Crippen LogP contribution in [0, 0.1) is 0 Å². The van der Waals surface area contributed by atoms with Crippen LogP contribution in [0.5, 0.6) is 0 Å². The molecule has 2 amide bonds. The lowest BCUT2D eigenvalue weighted by Crippen LogP contribution is -2.45. The number of aromatic nitrogens is 2. The van der Waals surface area contributed by atoms with Crippen LogP contribution < -0.4 is 10.6 Å². The summed E-state index contributed by atoms with van der Waals surface area (Å²) in [5.74, 6) is 0.106. The maximum absolute atomic E-state index is 13.1. The van der Waals surface area contributed by atoms with Crippen molar-refractivity contribution in [3.8, 4) is 0 Å². The van der Waals surface area contributed by atoms with Gasteiger partial charge in [0.25, 0.3) is 5.91 Å². The molecule has 3 rings (SSSR count). The summed E-state index contributed by atoms with van der Waals surface area (Å²) < 4.78 is 1.39. The van der Waals surface area contributed by atoms with Crippen molar-refractivity contribution in [2.75, 3.05) is 11.1 Å². The van der Waals surface area contributed by atoms with Crippen LogP contribution in [0.2, 0.25) is 0 Å². The fourth-order valence-electron chi connectivity index (χ4n) is 2.82. The Morgan fingerprint density at radius 1 is 1.06 bits per heavy atom. The number of nitrogens with one attached hydrogen (secondary N) is 2. The summed E-state index contributed by atoms with van der Waals surface area (Å²) >= 11 is 8.22. The minimum absolute atomic E-state index is 0.202. The number of carbonyl (C=O) groups is 2. The maximum Gasteiger partial charge on any atom is 0.271 e. The first-order valence-corrected chi connectivity index (χ1v) is 12.6. The summed E-state index contributed by atoms with van der Waals surface area (Å²) in [6.45, 7) is 2.07. The van der Waals surface area contributed by atoms with Crippen molar-refractivity contribution in [1.29, 1.82) is 0 Å². The van der Waals surface area contributed by atoms with Crippen LogP contribution in [0.1, 0.15) is 29.4 Å². The Bertz CT molecular complexity index is 1070. The van der Waals surface area contributed by atoms with Crippen LogP contribution >= 0.6 is 43.6 Å². The van der Waals surface area contributed by atoms with Crippen LogP contribution in [0.15, 0.2) is 74.9 Å². The van der Waals surface area contributed by atoms with Crippen LogP contribution in [0.25, 0.3) is 0 Å². The molecule has 0 saturated carbocycles. The highest BCUT2D eigenvalue weighted by Gasteiger charge is 2.24. The first-order chi connectivity index (χ1) is 15.5. The molecular formula is C23H22Br2N4O2S. The molecule has 0 spiro atoms. The summed E-state index contributed by atoms with van der Waals surface area (Å²) in [5, 5.41) is 6.25. The number of anilines is 1. The van der Waals surface area contributed by atoms with Gasteiger partial charge in [-0.2, -0.15) is 0 Å². The van der Waals surface area contributed by atoms with E-state index in [1.165, 1.54) is 11.8 Å². The molecule has 0 fully saturated rings. The zero-order chi connectivity index (χ0) is 22.9. The molecule has 1 atom stereocenters. The number of halogens is 2. The van der Waals surface area contributed by atoms with Gasteiger partial charge in [-0.3, -0.25) is 9.59 Å². The predicted octanol–water partition coefficient (Wildman–Crippen LogP) is 5.48. The van der Waals surface area contributed by atoms with Crippen molar-refractivity contribution in [2.45, 2.75) is 31.0 Å². The average Bonchev–Trinajstić information content (AvgIpc) is 2.80. The summed E-state index contributed by atoms with van der Waals surface area (Å²) in [5.41, 5.74) is 1.78. The number of nitrogens with zero attached hydrogens (tertiary/aromatic N) is 2. The van der Waals surface area contributed by atoms with E-state index in [0.29, 0.717) is 21.7 Å². The summed E-state index contributed by atoms with van der Waals surface area (Å²) in [6, 6.07) is 16.0. The van der Waals surface area contributed by atoms with E-state index in [2.05, 4.69) is 59.4 Å². The number of benzene rings is 2. The first-order valence-electron chi connectivity index (χ1n) is 10.0. The van der Waals surface area contributed by atoms with Gasteiger partial charge < -0.3 is 10.6 Å². The smallest absolute Gasteiger partial charge is 0.271 e. The molecule has 32 heavy (non-hydrogen) atoms. The molecule has 0 aliphatic carbocycles. The van der Waals surface area contributed by atoms with Gasteiger partial charge in [-0.25, -0.2) is 9.97 Å². The van der Waals surface area contributed by atoms with Crippen molar-refractivity contribution < 1.29 is 9.59 Å². The van der Waals surface area contributed by atoms with Gasteiger partial charge >= 0.3 is 0 Å². The number of thioether (sulfide) groups is 1. The third-order valence-corrected chi connectivity index (χ3v) is 6.56. The van der Waals surface area contributed by atoms with Crippen molar-refractivity contribution in [3.63, 3.8) is 0 Å². The second-order valence-corrected chi connectivity index (χ2v) is 9.74. The average molecular weight is 578 g/mol. The Balaban J connectivity index is 1.80. The number of amides is 2. The molecule has 0 aliphatic heterocycles. The van der Waals surface area contributed by atoms with E-state index in [1.54, 1.807) is 18.3 Å². The molecule has 9 heteroatoms. The lowest BCUT2D eigenvalue weighted by Gasteiger charge is -2.19. The third kappa shape index (κ3) is 7.15. The van der Waals surface area contributed by atoms with E-state index in [4.69, 9.17) is 0 Å². The van der Waals surface area contributed by atoms with Crippen molar-refractivity contribution >= 4 is 61.1 Å². The first kappa shape index (κ1) is 24.4. The summed E-state index contributed by atoms with van der Waals surface area (Å²) in [7, 11) is 0. The van der Waals surface area contributed by atoms with E-state index < -0.39 is 11.9 Å². The van der Waals surface area contributed by atoms with Crippen LogP contribution in [-0.4, -0.2) is 33.6 Å². The van der Waals surface area contributed by atoms with E-state index >= 15 is 0 Å². The van der Waals surface area contributed by atoms with E-state index in [-0.39, 0.29) is 11.6 Å². The Morgan fingerprint density at radius 3 is 2.47 bits per heavy atom. The SMILES string of the molecule is CCCSc1ncc(Br)c(C(=O)NC(Cc2ccccc2)C(=O)Nc2ccc(Br)cc2)n1. The van der Waals surface area contributed by atoms with E-state index in [1.807, 2.05) is 42.5 Å². The minimum Gasteiger partial charge on any atom is -0.339 e. The fraction of sp³-hybridized carbons (Fsp3) is 0.217. The zero-order valence-corrected chi connectivity index (χ0v) is 21.3. The molecular weight excluding hydrogens is 556 g/mol. The molecule has 2 N–H and O–H groups in total. The van der Waals surface area contributed by atoms with E-state index in [9.17, 15) is 9.59 Å². The highest BCUT2D eigenvalue weighted by atomic mass is 79.9. The number of rotatable bonds is 9. The molecule has 2 aromatic carbocycles. The van der Waals surface area contributed by atoms with Gasteiger partial charge in [0, 0.05) is 28.5 Å². The molecule has 3 aromatic rings. The van der Waals surface area contributed by atoms with Gasteiger partial charge in [-0.05, 0) is 52.2 Å². The number of hydrogen-bond acceptors (Lipinski definition) is 5. The quantitative estimate of drug-likeness (QED) is 0.260. The Labute approximate surface area is 208 Å². The molecule has 0 aliphatic rings. The molecule has 0 saturated heterocycles. The van der Waals surface area contributed by atoms with Gasteiger partial charge in [-0.1, -0.05) is 64.9 Å². The number of hydrogen-bond donors (Lipinski definition) is 2. The second kappa shape index (κ2) is 12.1. The summed E-state index contributed by atoms with van der Waals surface area (Å²) in [4.78, 5) is 34.8. The Morgan fingerprint density at radius 2 is 1.78 bits per heavy atom. The normalized spacial score (nSPS) is 11.6.